The summed E-state index contributed by atoms with van der Waals surface area (Å²) in [5, 5.41) is 2.60. The highest BCUT2D eigenvalue weighted by Crippen LogP contribution is 2.22. The number of hydrogen-bond acceptors (Lipinski definition) is 3. The number of hydrogen-bond donors (Lipinski definition) is 1. The lowest BCUT2D eigenvalue weighted by Crippen LogP contribution is -2.64. The lowest BCUT2D eigenvalue weighted by atomic mass is 10.1. The first kappa shape index (κ1) is 9.75. The Morgan fingerprint density at radius 2 is 1.67 bits per heavy atom. The molecule has 2 heterocycles. The van der Waals surface area contributed by atoms with Gasteiger partial charge in [-0.1, -0.05) is 0 Å². The zero-order valence-electron chi connectivity index (χ0n) is 8.72. The lowest BCUT2D eigenvalue weighted by molar-refractivity contribution is -0.133. The van der Waals surface area contributed by atoms with Crippen molar-refractivity contribution < 1.29 is 14.4 Å². The standard InChI is InChI=1S/C8H12N4O3/c1-10-4-5(11(2)8(10)15)9-7(14)12(3)6(4)13/h4-5H,1-3H3,(H,9,14). The number of likely N-dealkylation sites (N-methyl/N-ethyl adjacent to an activating group) is 3. The molecule has 0 spiro atoms. The number of rotatable bonds is 0. The van der Waals surface area contributed by atoms with Crippen LogP contribution in [0.3, 0.4) is 0 Å². The summed E-state index contributed by atoms with van der Waals surface area (Å²) in [6.45, 7) is 0. The molecule has 0 aliphatic carbocycles. The van der Waals surface area contributed by atoms with E-state index in [-0.39, 0.29) is 11.9 Å². The largest absolute Gasteiger partial charge is 0.325 e. The van der Waals surface area contributed by atoms with Crippen molar-refractivity contribution in [2.75, 3.05) is 21.1 Å². The van der Waals surface area contributed by atoms with Crippen LogP contribution in [-0.4, -0.2) is 66.0 Å². The molecule has 7 heteroatoms. The second-order valence-electron chi connectivity index (χ2n) is 3.74. The van der Waals surface area contributed by atoms with Crippen LogP contribution in [0.4, 0.5) is 9.59 Å². The fraction of sp³-hybridized carbons (Fsp3) is 0.625. The number of nitrogens with one attached hydrogen (secondary N) is 1. The van der Waals surface area contributed by atoms with Crippen LogP contribution in [0.15, 0.2) is 0 Å². The predicted octanol–water partition coefficient (Wildman–Crippen LogP) is -1.14. The van der Waals surface area contributed by atoms with Crippen LogP contribution in [0.25, 0.3) is 0 Å². The average molecular weight is 212 g/mol. The van der Waals surface area contributed by atoms with Gasteiger partial charge >= 0.3 is 12.1 Å². The maximum Gasteiger partial charge on any atom is 0.325 e. The summed E-state index contributed by atoms with van der Waals surface area (Å²) in [7, 11) is 4.50. The van der Waals surface area contributed by atoms with Crippen molar-refractivity contribution in [2.45, 2.75) is 12.2 Å². The molecular formula is C8H12N4O3. The summed E-state index contributed by atoms with van der Waals surface area (Å²) in [6.07, 6.45) is -0.557. The molecule has 0 saturated carbocycles. The van der Waals surface area contributed by atoms with E-state index in [1.54, 1.807) is 14.1 Å². The second-order valence-corrected chi connectivity index (χ2v) is 3.74. The molecule has 5 amide bonds. The monoisotopic (exact) mass is 212 g/mol. The summed E-state index contributed by atoms with van der Waals surface area (Å²) in [5.41, 5.74) is 0. The fourth-order valence-corrected chi connectivity index (χ4v) is 1.91. The quantitative estimate of drug-likeness (QED) is 0.551. The van der Waals surface area contributed by atoms with Gasteiger partial charge in [0.2, 0.25) is 0 Å². The Labute approximate surface area is 86.6 Å². The van der Waals surface area contributed by atoms with Gasteiger partial charge in [0, 0.05) is 21.1 Å². The van der Waals surface area contributed by atoms with Gasteiger partial charge in [-0.3, -0.25) is 9.69 Å². The van der Waals surface area contributed by atoms with Crippen LogP contribution in [0, 0.1) is 0 Å². The molecule has 1 N–H and O–H groups in total. The molecular weight excluding hydrogens is 200 g/mol. The van der Waals surface area contributed by atoms with E-state index in [0.29, 0.717) is 0 Å². The van der Waals surface area contributed by atoms with E-state index in [0.717, 1.165) is 4.90 Å². The Bertz CT molecular complexity index is 356. The Morgan fingerprint density at radius 1 is 1.07 bits per heavy atom. The van der Waals surface area contributed by atoms with Crippen LogP contribution < -0.4 is 5.32 Å². The van der Waals surface area contributed by atoms with Crippen molar-refractivity contribution in [3.05, 3.63) is 0 Å². The van der Waals surface area contributed by atoms with Crippen molar-refractivity contribution in [3.8, 4) is 0 Å². The normalized spacial score (nSPS) is 30.9. The Kier molecular flexibility index (Phi) is 1.85. The maximum atomic E-state index is 11.8. The number of carbonyl (C=O) groups excluding carboxylic acids is 3. The Morgan fingerprint density at radius 3 is 2.27 bits per heavy atom. The van der Waals surface area contributed by atoms with Crippen molar-refractivity contribution in [3.63, 3.8) is 0 Å². The molecule has 82 valence electrons. The fourth-order valence-electron chi connectivity index (χ4n) is 1.91. The van der Waals surface area contributed by atoms with E-state index in [9.17, 15) is 14.4 Å². The first-order chi connectivity index (χ1) is 6.95. The highest BCUT2D eigenvalue weighted by Gasteiger charge is 2.51. The molecule has 2 rings (SSSR count). The van der Waals surface area contributed by atoms with Crippen LogP contribution in [0.2, 0.25) is 0 Å². The Hall–Kier alpha value is -1.79. The topological polar surface area (TPSA) is 73.0 Å². The number of fused-ring (bicyclic) bond motifs is 1. The number of imide groups is 1. The minimum atomic E-state index is -0.620. The third-order valence-corrected chi connectivity index (χ3v) is 2.90. The zero-order valence-corrected chi connectivity index (χ0v) is 8.72. The van der Waals surface area contributed by atoms with E-state index < -0.39 is 18.2 Å². The summed E-state index contributed by atoms with van der Waals surface area (Å²) >= 11 is 0. The predicted molar refractivity (Wildman–Crippen MR) is 49.8 cm³/mol. The van der Waals surface area contributed by atoms with E-state index in [1.165, 1.54) is 16.8 Å². The average Bonchev–Trinajstić information content (AvgIpc) is 2.40. The molecule has 2 aliphatic heterocycles. The van der Waals surface area contributed by atoms with E-state index in [4.69, 9.17) is 0 Å². The molecule has 0 radical (unpaired) electrons. The SMILES string of the molecule is CN1C(=O)NC2C(C1=O)N(C)C(=O)N2C. The highest BCUT2D eigenvalue weighted by atomic mass is 16.2. The lowest BCUT2D eigenvalue weighted by Gasteiger charge is -2.33. The van der Waals surface area contributed by atoms with Crippen molar-refractivity contribution >= 4 is 18.0 Å². The molecule has 2 fully saturated rings. The molecule has 7 nitrogen and oxygen atoms in total. The molecule has 2 saturated heterocycles. The number of amides is 5. The molecule has 15 heavy (non-hydrogen) atoms. The Balaban J connectivity index is 2.37. The highest BCUT2D eigenvalue weighted by molar-refractivity contribution is 6.03. The van der Waals surface area contributed by atoms with Gasteiger partial charge in [-0.15, -0.1) is 0 Å². The van der Waals surface area contributed by atoms with Crippen LogP contribution in [-0.2, 0) is 4.79 Å². The number of carbonyl (C=O) groups is 3. The van der Waals surface area contributed by atoms with Gasteiger partial charge in [-0.05, 0) is 0 Å². The van der Waals surface area contributed by atoms with Gasteiger partial charge in [-0.2, -0.15) is 0 Å². The van der Waals surface area contributed by atoms with Gasteiger partial charge in [0.05, 0.1) is 0 Å². The smallest absolute Gasteiger partial charge is 0.315 e. The van der Waals surface area contributed by atoms with E-state index >= 15 is 0 Å². The summed E-state index contributed by atoms with van der Waals surface area (Å²) in [4.78, 5) is 38.3. The number of nitrogens with zero attached hydrogens (tertiary/aromatic N) is 3. The van der Waals surface area contributed by atoms with Gasteiger partial charge in [0.25, 0.3) is 5.91 Å². The zero-order chi connectivity index (χ0) is 11.3. The summed E-state index contributed by atoms with van der Waals surface area (Å²) in [5.74, 6) is -0.357. The van der Waals surface area contributed by atoms with E-state index in [2.05, 4.69) is 5.32 Å². The maximum absolute atomic E-state index is 11.8. The van der Waals surface area contributed by atoms with Crippen LogP contribution >= 0.6 is 0 Å². The van der Waals surface area contributed by atoms with Gasteiger partial charge in [0.1, 0.15) is 6.17 Å². The third-order valence-electron chi connectivity index (χ3n) is 2.90. The van der Waals surface area contributed by atoms with Crippen LogP contribution in [0.1, 0.15) is 0 Å². The molecule has 2 aliphatic rings. The first-order valence-corrected chi connectivity index (χ1v) is 4.53. The molecule has 0 aromatic carbocycles. The number of urea groups is 2. The molecule has 0 bridgehead atoms. The van der Waals surface area contributed by atoms with Gasteiger partial charge in [-0.25, -0.2) is 9.59 Å². The second kappa shape index (κ2) is 2.85. The van der Waals surface area contributed by atoms with Crippen molar-refractivity contribution in [1.29, 1.82) is 0 Å². The van der Waals surface area contributed by atoms with E-state index in [1.807, 2.05) is 0 Å². The molecule has 0 aromatic rings. The van der Waals surface area contributed by atoms with Gasteiger partial charge in [0.15, 0.2) is 6.04 Å². The molecule has 0 aromatic heterocycles. The minimum absolute atomic E-state index is 0.269. The van der Waals surface area contributed by atoms with Gasteiger partial charge < -0.3 is 15.1 Å². The minimum Gasteiger partial charge on any atom is -0.315 e. The third kappa shape index (κ3) is 1.09. The first-order valence-electron chi connectivity index (χ1n) is 4.53. The van der Waals surface area contributed by atoms with Crippen LogP contribution in [0.5, 0.6) is 0 Å². The van der Waals surface area contributed by atoms with Crippen molar-refractivity contribution in [1.82, 2.24) is 20.0 Å². The molecule has 2 atom stereocenters. The summed E-state index contributed by atoms with van der Waals surface area (Å²) < 4.78 is 0. The summed E-state index contributed by atoms with van der Waals surface area (Å²) in [6, 6.07) is -1.37. The molecule has 2 unspecified atom stereocenters. The van der Waals surface area contributed by atoms with Crippen molar-refractivity contribution in [2.24, 2.45) is 0 Å².